The minimum Gasteiger partial charge on any atom is -0.417 e. The van der Waals surface area contributed by atoms with Crippen molar-refractivity contribution in [3.63, 3.8) is 0 Å². The molecule has 0 spiro atoms. The van der Waals surface area contributed by atoms with E-state index in [0.29, 0.717) is 6.61 Å². The first-order valence-corrected chi connectivity index (χ1v) is 11.1. The van der Waals surface area contributed by atoms with Gasteiger partial charge in [0.2, 0.25) is 5.91 Å². The third-order valence-electron chi connectivity index (χ3n) is 5.28. The molecule has 1 atom stereocenters. The number of hydrogen-bond donors (Lipinski definition) is 1. The number of allylic oxidation sites excluding steroid dienone is 1. The molecule has 0 saturated carbocycles. The average molecular weight is 312 g/mol. The van der Waals surface area contributed by atoms with E-state index in [9.17, 15) is 4.79 Å². The molecule has 0 aromatic rings. The fraction of sp³-hybridized carbons (Fsp3) is 0.824. The Bertz CT molecular complexity index is 373. The van der Waals surface area contributed by atoms with Crippen molar-refractivity contribution in [2.24, 2.45) is 5.41 Å². The SMILES string of the molecule is C=CCCC1(CCO[Si](C)(C)C(C)(C)C)CCCNC1=O. The predicted octanol–water partition coefficient (Wildman–Crippen LogP) is 4.26. The van der Waals surface area contributed by atoms with Crippen LogP contribution in [0.2, 0.25) is 18.1 Å². The lowest BCUT2D eigenvalue weighted by Gasteiger charge is -2.39. The van der Waals surface area contributed by atoms with Gasteiger partial charge < -0.3 is 9.74 Å². The minimum atomic E-state index is -1.73. The lowest BCUT2D eigenvalue weighted by atomic mass is 9.74. The molecule has 1 unspecified atom stereocenters. The molecule has 1 saturated heterocycles. The number of hydrogen-bond acceptors (Lipinski definition) is 2. The number of amides is 1. The van der Waals surface area contributed by atoms with Crippen LogP contribution in [0, 0.1) is 5.41 Å². The van der Waals surface area contributed by atoms with E-state index in [4.69, 9.17) is 4.43 Å². The van der Waals surface area contributed by atoms with E-state index in [-0.39, 0.29) is 16.4 Å². The van der Waals surface area contributed by atoms with E-state index in [1.54, 1.807) is 0 Å². The summed E-state index contributed by atoms with van der Waals surface area (Å²) >= 11 is 0. The lowest BCUT2D eigenvalue weighted by Crippen LogP contribution is -2.47. The molecule has 0 aromatic carbocycles. The number of piperidine rings is 1. The Morgan fingerprint density at radius 1 is 1.38 bits per heavy atom. The summed E-state index contributed by atoms with van der Waals surface area (Å²) in [6.07, 6.45) is 6.59. The highest BCUT2D eigenvalue weighted by molar-refractivity contribution is 6.74. The fourth-order valence-electron chi connectivity index (χ4n) is 2.63. The first kappa shape index (κ1) is 18.4. The highest BCUT2D eigenvalue weighted by Crippen LogP contribution is 2.39. The van der Waals surface area contributed by atoms with Gasteiger partial charge in [-0.2, -0.15) is 0 Å². The van der Waals surface area contributed by atoms with E-state index < -0.39 is 8.32 Å². The van der Waals surface area contributed by atoms with Crippen LogP contribution in [0.3, 0.4) is 0 Å². The zero-order chi connectivity index (χ0) is 16.1. The van der Waals surface area contributed by atoms with Crippen LogP contribution in [0.1, 0.15) is 52.9 Å². The second-order valence-electron chi connectivity index (χ2n) is 7.83. The smallest absolute Gasteiger partial charge is 0.226 e. The van der Waals surface area contributed by atoms with Gasteiger partial charge in [-0.1, -0.05) is 26.8 Å². The van der Waals surface area contributed by atoms with Crippen molar-refractivity contribution < 1.29 is 9.22 Å². The highest BCUT2D eigenvalue weighted by Gasteiger charge is 2.41. The third-order valence-corrected chi connectivity index (χ3v) is 9.81. The molecular formula is C17H33NO2Si. The van der Waals surface area contributed by atoms with E-state index in [1.807, 2.05) is 6.08 Å². The Balaban J connectivity index is 2.66. The second-order valence-corrected chi connectivity index (χ2v) is 12.6. The van der Waals surface area contributed by atoms with Crippen molar-refractivity contribution in [1.82, 2.24) is 5.32 Å². The highest BCUT2D eigenvalue weighted by atomic mass is 28.4. The van der Waals surface area contributed by atoms with Crippen LogP contribution in [-0.4, -0.2) is 27.4 Å². The van der Waals surface area contributed by atoms with Gasteiger partial charge in [0.1, 0.15) is 0 Å². The lowest BCUT2D eigenvalue weighted by molar-refractivity contribution is -0.135. The Morgan fingerprint density at radius 3 is 2.57 bits per heavy atom. The molecule has 1 N–H and O–H groups in total. The van der Waals surface area contributed by atoms with Gasteiger partial charge in [-0.05, 0) is 50.2 Å². The van der Waals surface area contributed by atoms with Gasteiger partial charge in [0.25, 0.3) is 0 Å². The molecule has 1 heterocycles. The van der Waals surface area contributed by atoms with Crippen molar-refractivity contribution in [1.29, 1.82) is 0 Å². The van der Waals surface area contributed by atoms with Crippen molar-refractivity contribution in [2.75, 3.05) is 13.2 Å². The number of carbonyl (C=O) groups excluding carboxylic acids is 1. The summed E-state index contributed by atoms with van der Waals surface area (Å²) in [5.41, 5.74) is -0.241. The third kappa shape index (κ3) is 4.68. The van der Waals surface area contributed by atoms with Gasteiger partial charge in [-0.15, -0.1) is 6.58 Å². The largest absolute Gasteiger partial charge is 0.417 e. The molecule has 4 heteroatoms. The molecule has 0 aromatic heterocycles. The van der Waals surface area contributed by atoms with E-state index in [1.165, 1.54) is 0 Å². The summed E-state index contributed by atoms with van der Waals surface area (Å²) in [6.45, 7) is 16.6. The van der Waals surface area contributed by atoms with E-state index in [0.717, 1.165) is 38.6 Å². The molecule has 1 amide bonds. The van der Waals surface area contributed by atoms with Crippen molar-refractivity contribution in [2.45, 2.75) is 71.0 Å². The Morgan fingerprint density at radius 2 is 2.05 bits per heavy atom. The zero-order valence-electron chi connectivity index (χ0n) is 14.6. The molecule has 21 heavy (non-hydrogen) atoms. The maximum Gasteiger partial charge on any atom is 0.226 e. The Labute approximate surface area is 131 Å². The quantitative estimate of drug-likeness (QED) is 0.563. The van der Waals surface area contributed by atoms with Crippen LogP contribution in [-0.2, 0) is 9.22 Å². The molecule has 1 aliphatic heterocycles. The van der Waals surface area contributed by atoms with Crippen LogP contribution in [0.5, 0.6) is 0 Å². The van der Waals surface area contributed by atoms with Gasteiger partial charge in [0, 0.05) is 13.2 Å². The summed E-state index contributed by atoms with van der Waals surface area (Å²) in [5.74, 6) is 0.217. The topological polar surface area (TPSA) is 38.3 Å². The van der Waals surface area contributed by atoms with Crippen LogP contribution < -0.4 is 5.32 Å². The molecule has 122 valence electrons. The normalized spacial score (nSPS) is 23.8. The predicted molar refractivity (Wildman–Crippen MR) is 91.9 cm³/mol. The maximum atomic E-state index is 12.4. The summed E-state index contributed by atoms with van der Waals surface area (Å²) in [6, 6.07) is 0. The van der Waals surface area contributed by atoms with Crippen molar-refractivity contribution in [3.8, 4) is 0 Å². The standard InChI is InChI=1S/C17H33NO2Si/c1-7-8-10-17(11-9-13-18-15(17)19)12-14-20-21(5,6)16(2,3)4/h7H,1,8-14H2,2-6H3,(H,18,19). The molecule has 1 fully saturated rings. The zero-order valence-corrected chi connectivity index (χ0v) is 15.6. The molecule has 0 aliphatic carbocycles. The first-order chi connectivity index (χ1) is 9.65. The fourth-order valence-corrected chi connectivity index (χ4v) is 3.67. The second kappa shape index (κ2) is 7.10. The Kier molecular flexibility index (Phi) is 6.23. The summed E-state index contributed by atoms with van der Waals surface area (Å²) in [5, 5.41) is 3.26. The van der Waals surface area contributed by atoms with Crippen LogP contribution >= 0.6 is 0 Å². The molecule has 3 nitrogen and oxygen atoms in total. The van der Waals surface area contributed by atoms with Crippen LogP contribution in [0.25, 0.3) is 0 Å². The van der Waals surface area contributed by atoms with Gasteiger partial charge in [0.15, 0.2) is 8.32 Å². The monoisotopic (exact) mass is 311 g/mol. The molecule has 0 bridgehead atoms. The van der Waals surface area contributed by atoms with Gasteiger partial charge >= 0.3 is 0 Å². The van der Waals surface area contributed by atoms with Gasteiger partial charge in [-0.25, -0.2) is 0 Å². The molecular weight excluding hydrogens is 278 g/mol. The minimum absolute atomic E-state index is 0.217. The summed E-state index contributed by atoms with van der Waals surface area (Å²) in [7, 11) is -1.73. The van der Waals surface area contributed by atoms with Crippen molar-refractivity contribution >= 4 is 14.2 Å². The van der Waals surface area contributed by atoms with E-state index in [2.05, 4.69) is 45.8 Å². The summed E-state index contributed by atoms with van der Waals surface area (Å²) < 4.78 is 6.28. The number of nitrogens with one attached hydrogen (secondary N) is 1. The number of rotatable bonds is 7. The first-order valence-electron chi connectivity index (χ1n) is 8.18. The maximum absolute atomic E-state index is 12.4. The molecule has 1 aliphatic rings. The number of carbonyl (C=O) groups is 1. The average Bonchev–Trinajstić information content (AvgIpc) is 2.38. The van der Waals surface area contributed by atoms with E-state index >= 15 is 0 Å². The van der Waals surface area contributed by atoms with Crippen LogP contribution in [0.4, 0.5) is 0 Å². The summed E-state index contributed by atoms with van der Waals surface area (Å²) in [4.78, 5) is 12.4. The Hall–Kier alpha value is -0.613. The van der Waals surface area contributed by atoms with Gasteiger partial charge in [-0.3, -0.25) is 4.79 Å². The molecule has 1 rings (SSSR count). The van der Waals surface area contributed by atoms with Crippen molar-refractivity contribution in [3.05, 3.63) is 12.7 Å². The van der Waals surface area contributed by atoms with Crippen LogP contribution in [0.15, 0.2) is 12.7 Å². The van der Waals surface area contributed by atoms with Gasteiger partial charge in [0.05, 0.1) is 5.41 Å². The molecule has 0 radical (unpaired) electrons.